The van der Waals surface area contributed by atoms with E-state index in [1.54, 1.807) is 24.3 Å². The molecule has 0 amide bonds. The standard InChI is InChI=1S/C27H23F5N6O/c1-25(2)13-11-26(3,18-9-5-8-16(33-18)23-34-24(38-37-23)22(39)27(30,31)32)21-12(20(13)25)10-17(35-36-21)19-14(28)6-4-7-15(19)29/h4-10,13,20,22,39H,11H2,1-3H3,(H,34,37,38)/t13?,20-,22-,26-/m1/s1. The van der Waals surface area contributed by atoms with Crippen molar-refractivity contribution in [2.24, 2.45) is 11.3 Å². The lowest BCUT2D eigenvalue weighted by atomic mass is 9.72. The fraction of sp³-hybridized carbons (Fsp3) is 0.370. The van der Waals surface area contributed by atoms with E-state index in [1.807, 2.05) is 6.92 Å². The maximum atomic E-state index is 14.6. The SMILES string of the molecule is CC1(C)C2C[C@](C)(c3cccc(-c4n[nH]c([C@@H](O)C(F)(F)F)n4)n3)c3nnc(-c4c(F)cccc4F)cc3[C@H]21. The fourth-order valence-corrected chi connectivity index (χ4v) is 5.97. The molecule has 2 N–H and O–H groups in total. The van der Waals surface area contributed by atoms with Gasteiger partial charge in [-0.25, -0.2) is 18.7 Å². The zero-order valence-corrected chi connectivity index (χ0v) is 21.1. The van der Waals surface area contributed by atoms with E-state index in [1.165, 1.54) is 18.2 Å². The van der Waals surface area contributed by atoms with Crippen molar-refractivity contribution >= 4 is 0 Å². The quantitative estimate of drug-likeness (QED) is 0.324. The Labute approximate surface area is 219 Å². The van der Waals surface area contributed by atoms with Crippen LogP contribution in [-0.4, -0.2) is 41.6 Å². The highest BCUT2D eigenvalue weighted by atomic mass is 19.4. The van der Waals surface area contributed by atoms with Crippen molar-refractivity contribution in [2.75, 3.05) is 0 Å². The molecule has 0 bridgehead atoms. The van der Waals surface area contributed by atoms with Gasteiger partial charge in [0.15, 0.2) is 11.6 Å². The largest absolute Gasteiger partial charge is 0.421 e. The van der Waals surface area contributed by atoms with Crippen molar-refractivity contribution in [3.05, 3.63) is 76.9 Å². The topological polar surface area (TPSA) is 100 Å². The van der Waals surface area contributed by atoms with E-state index in [0.717, 1.165) is 5.56 Å². The summed E-state index contributed by atoms with van der Waals surface area (Å²) >= 11 is 0. The normalized spacial score (nSPS) is 24.1. The van der Waals surface area contributed by atoms with Gasteiger partial charge in [0.2, 0.25) is 6.10 Å². The number of aliphatic hydroxyl groups is 1. The number of aliphatic hydroxyl groups excluding tert-OH is 1. The molecule has 4 aromatic rings. The van der Waals surface area contributed by atoms with Gasteiger partial charge in [-0.05, 0) is 66.5 Å². The zero-order chi connectivity index (χ0) is 27.9. The summed E-state index contributed by atoms with van der Waals surface area (Å²) in [7, 11) is 0. The second-order valence-corrected chi connectivity index (χ2v) is 11.0. The number of aromatic amines is 1. The number of pyridine rings is 1. The molecule has 1 fully saturated rings. The molecule has 3 aromatic heterocycles. The summed E-state index contributed by atoms with van der Waals surface area (Å²) in [5.41, 5.74) is 1.26. The molecule has 4 atom stereocenters. The summed E-state index contributed by atoms with van der Waals surface area (Å²) in [5, 5.41) is 24.2. The monoisotopic (exact) mass is 542 g/mol. The molecule has 2 aliphatic carbocycles. The number of fused-ring (bicyclic) bond motifs is 3. The van der Waals surface area contributed by atoms with E-state index in [9.17, 15) is 27.1 Å². The van der Waals surface area contributed by atoms with Crippen LogP contribution >= 0.6 is 0 Å². The summed E-state index contributed by atoms with van der Waals surface area (Å²) in [5.74, 6) is -1.95. The molecule has 6 rings (SSSR count). The van der Waals surface area contributed by atoms with Crippen LogP contribution in [0.3, 0.4) is 0 Å². The van der Waals surface area contributed by atoms with Crippen LogP contribution in [0.5, 0.6) is 0 Å². The van der Waals surface area contributed by atoms with Crippen LogP contribution in [0.15, 0.2) is 42.5 Å². The second-order valence-electron chi connectivity index (χ2n) is 11.0. The molecule has 0 aliphatic heterocycles. The van der Waals surface area contributed by atoms with Crippen molar-refractivity contribution in [1.82, 2.24) is 30.4 Å². The van der Waals surface area contributed by atoms with Crippen molar-refractivity contribution in [3.8, 4) is 22.8 Å². The van der Waals surface area contributed by atoms with Crippen LogP contribution in [0, 0.1) is 23.0 Å². The van der Waals surface area contributed by atoms with E-state index in [2.05, 4.69) is 44.2 Å². The van der Waals surface area contributed by atoms with Gasteiger partial charge in [0.1, 0.15) is 17.3 Å². The summed E-state index contributed by atoms with van der Waals surface area (Å²) in [6.45, 7) is 6.22. The van der Waals surface area contributed by atoms with Crippen LogP contribution in [0.4, 0.5) is 22.0 Å². The molecule has 2 aliphatic rings. The Morgan fingerprint density at radius 3 is 2.36 bits per heavy atom. The average Bonchev–Trinajstić information content (AvgIpc) is 3.20. The van der Waals surface area contributed by atoms with Crippen molar-refractivity contribution < 1.29 is 27.1 Å². The number of H-pyrrole nitrogens is 1. The van der Waals surface area contributed by atoms with Gasteiger partial charge in [-0.3, -0.25) is 5.10 Å². The van der Waals surface area contributed by atoms with Crippen LogP contribution in [0.25, 0.3) is 22.8 Å². The third-order valence-corrected chi connectivity index (χ3v) is 8.19. The van der Waals surface area contributed by atoms with E-state index >= 15 is 0 Å². The molecule has 1 saturated carbocycles. The van der Waals surface area contributed by atoms with E-state index < -0.39 is 35.2 Å². The summed E-state index contributed by atoms with van der Waals surface area (Å²) in [6, 6.07) is 10.4. The van der Waals surface area contributed by atoms with Gasteiger partial charge >= 0.3 is 6.18 Å². The number of nitrogens with one attached hydrogen (secondary N) is 1. The van der Waals surface area contributed by atoms with Gasteiger partial charge in [0.05, 0.1) is 28.1 Å². The zero-order valence-electron chi connectivity index (χ0n) is 21.1. The molecule has 12 heteroatoms. The number of nitrogens with zero attached hydrogens (tertiary/aromatic N) is 5. The van der Waals surface area contributed by atoms with Crippen LogP contribution < -0.4 is 0 Å². The maximum Gasteiger partial charge on any atom is 0.421 e. The van der Waals surface area contributed by atoms with Crippen molar-refractivity contribution in [3.63, 3.8) is 0 Å². The third-order valence-electron chi connectivity index (χ3n) is 8.19. The molecule has 3 heterocycles. The third kappa shape index (κ3) is 3.91. The number of rotatable bonds is 4. The highest BCUT2D eigenvalue weighted by molar-refractivity contribution is 5.63. The van der Waals surface area contributed by atoms with Gasteiger partial charge in [0.25, 0.3) is 0 Å². The predicted molar refractivity (Wildman–Crippen MR) is 129 cm³/mol. The van der Waals surface area contributed by atoms with Gasteiger partial charge in [-0.15, -0.1) is 5.10 Å². The Morgan fingerprint density at radius 1 is 0.974 bits per heavy atom. The molecular weight excluding hydrogens is 519 g/mol. The molecule has 0 saturated heterocycles. The van der Waals surface area contributed by atoms with E-state index in [4.69, 9.17) is 0 Å². The Balaban J connectivity index is 1.43. The lowest BCUT2D eigenvalue weighted by molar-refractivity contribution is -0.209. The van der Waals surface area contributed by atoms with Crippen molar-refractivity contribution in [2.45, 2.75) is 50.8 Å². The number of hydrogen-bond acceptors (Lipinski definition) is 6. The van der Waals surface area contributed by atoms with E-state index in [0.29, 0.717) is 17.8 Å². The van der Waals surface area contributed by atoms with Gasteiger partial charge in [0, 0.05) is 0 Å². The number of halogens is 5. The van der Waals surface area contributed by atoms with Gasteiger partial charge in [-0.2, -0.15) is 23.4 Å². The highest BCUT2D eigenvalue weighted by Crippen LogP contribution is 2.72. The first kappa shape index (κ1) is 25.5. The minimum Gasteiger partial charge on any atom is -0.377 e. The molecule has 39 heavy (non-hydrogen) atoms. The van der Waals surface area contributed by atoms with Crippen LogP contribution in [0.2, 0.25) is 0 Å². The fourth-order valence-electron chi connectivity index (χ4n) is 5.97. The molecule has 0 radical (unpaired) electrons. The van der Waals surface area contributed by atoms with Gasteiger partial charge < -0.3 is 5.11 Å². The molecule has 1 aromatic carbocycles. The van der Waals surface area contributed by atoms with Crippen LogP contribution in [0.1, 0.15) is 62.0 Å². The minimum atomic E-state index is -4.90. The summed E-state index contributed by atoms with van der Waals surface area (Å²) in [6.07, 6.45) is -7.04. The smallest absolute Gasteiger partial charge is 0.377 e. The minimum absolute atomic E-state index is 0.0927. The first-order valence-electron chi connectivity index (χ1n) is 12.3. The Morgan fingerprint density at radius 2 is 1.67 bits per heavy atom. The highest BCUT2D eigenvalue weighted by Gasteiger charge is 2.65. The summed E-state index contributed by atoms with van der Waals surface area (Å²) in [4.78, 5) is 8.50. The molecule has 7 nitrogen and oxygen atoms in total. The Bertz CT molecular complexity index is 1580. The van der Waals surface area contributed by atoms with E-state index in [-0.39, 0.29) is 40.0 Å². The Kier molecular flexibility index (Phi) is 5.45. The van der Waals surface area contributed by atoms with Crippen LogP contribution in [-0.2, 0) is 5.41 Å². The first-order valence-corrected chi connectivity index (χ1v) is 12.3. The first-order chi connectivity index (χ1) is 18.3. The number of aromatic nitrogens is 6. The lowest BCUT2D eigenvalue weighted by Gasteiger charge is -2.34. The number of benzene rings is 1. The average molecular weight is 543 g/mol. The Hall–Kier alpha value is -3.80. The molecule has 202 valence electrons. The number of alkyl halides is 3. The second kappa shape index (κ2) is 8.35. The maximum absolute atomic E-state index is 14.6. The number of hydrogen-bond donors (Lipinski definition) is 2. The lowest BCUT2D eigenvalue weighted by Crippen LogP contribution is -2.32. The predicted octanol–water partition coefficient (Wildman–Crippen LogP) is 5.65. The van der Waals surface area contributed by atoms with Gasteiger partial charge in [-0.1, -0.05) is 26.0 Å². The molecule has 0 spiro atoms. The molecular formula is C27H23F5N6O. The molecule has 1 unspecified atom stereocenters. The summed E-state index contributed by atoms with van der Waals surface area (Å²) < 4.78 is 67.9. The van der Waals surface area contributed by atoms with Crippen molar-refractivity contribution in [1.29, 1.82) is 0 Å².